The molecule has 1 aliphatic heterocycles. The summed E-state index contributed by atoms with van der Waals surface area (Å²) in [7, 11) is 1.31. The average molecular weight is 881 g/mol. The van der Waals surface area contributed by atoms with Gasteiger partial charge in [-0.2, -0.15) is 10.2 Å². The van der Waals surface area contributed by atoms with Crippen molar-refractivity contribution in [3.63, 3.8) is 0 Å². The molecule has 3 amide bonds. The van der Waals surface area contributed by atoms with E-state index in [1.54, 1.807) is 45.8 Å². The molecule has 1 fully saturated rings. The SMILES string of the molecule is CCn1nc(C)cc1C(=O)Nc1nc2cc(C(=O)OC)cc(OCCCN3CCOCC3)c2n1C/C=C/Cn1c(NC(=O)c2cc(C)nn2CC)nc2cc(C(N)=O)cc(SC)c21. The molecule has 5 heterocycles. The topological polar surface area (TPSA) is 221 Å². The fraction of sp³-hybridized carbons (Fsp3) is 0.395. The molecule has 1 saturated heterocycles. The Hall–Kier alpha value is -6.51. The fourth-order valence-electron chi connectivity index (χ4n) is 7.57. The van der Waals surface area contributed by atoms with Gasteiger partial charge in [0, 0.05) is 56.3 Å². The van der Waals surface area contributed by atoms with Gasteiger partial charge in [0.2, 0.25) is 17.8 Å². The number of thioether (sulfide) groups is 1. The monoisotopic (exact) mass is 880 g/mol. The third kappa shape index (κ3) is 9.77. The predicted molar refractivity (Wildman–Crippen MR) is 239 cm³/mol. The van der Waals surface area contributed by atoms with Crippen molar-refractivity contribution < 1.29 is 33.4 Å². The number of rotatable bonds is 18. The van der Waals surface area contributed by atoms with E-state index in [0.717, 1.165) is 31.0 Å². The molecule has 2 aromatic carbocycles. The van der Waals surface area contributed by atoms with E-state index in [4.69, 9.17) is 29.9 Å². The Balaban J connectivity index is 1.26. The summed E-state index contributed by atoms with van der Waals surface area (Å²) in [6, 6.07) is 9.99. The molecule has 4 aromatic heterocycles. The number of aromatic nitrogens is 8. The van der Waals surface area contributed by atoms with Gasteiger partial charge in [-0.1, -0.05) is 12.2 Å². The molecule has 0 radical (unpaired) electrons. The lowest BCUT2D eigenvalue weighted by Gasteiger charge is -2.26. The molecule has 0 unspecified atom stereocenters. The molecule has 19 nitrogen and oxygen atoms in total. The van der Waals surface area contributed by atoms with Gasteiger partial charge in [0.25, 0.3) is 11.8 Å². The molecule has 0 saturated carbocycles. The van der Waals surface area contributed by atoms with Gasteiger partial charge < -0.3 is 29.1 Å². The van der Waals surface area contributed by atoms with Crippen molar-refractivity contribution in [3.8, 4) is 5.75 Å². The highest BCUT2D eigenvalue weighted by molar-refractivity contribution is 7.98. The zero-order valence-corrected chi connectivity index (χ0v) is 37.1. The van der Waals surface area contributed by atoms with Gasteiger partial charge in [-0.25, -0.2) is 14.8 Å². The van der Waals surface area contributed by atoms with Crippen molar-refractivity contribution in [1.29, 1.82) is 0 Å². The summed E-state index contributed by atoms with van der Waals surface area (Å²) in [5.41, 5.74) is 10.5. The van der Waals surface area contributed by atoms with Crippen LogP contribution < -0.4 is 21.1 Å². The van der Waals surface area contributed by atoms with E-state index >= 15 is 0 Å². The lowest BCUT2D eigenvalue weighted by atomic mass is 10.2. The minimum atomic E-state index is -0.599. The van der Waals surface area contributed by atoms with Gasteiger partial charge in [0.05, 0.1) is 60.4 Å². The van der Waals surface area contributed by atoms with Gasteiger partial charge >= 0.3 is 5.97 Å². The van der Waals surface area contributed by atoms with Crippen molar-refractivity contribution in [2.45, 2.75) is 65.2 Å². The Morgan fingerprint density at radius 1 is 0.810 bits per heavy atom. The first-order valence-electron chi connectivity index (χ1n) is 20.7. The normalized spacial score (nSPS) is 13.3. The number of allylic oxidation sites excluding steroid dienone is 2. The quantitative estimate of drug-likeness (QED) is 0.0453. The summed E-state index contributed by atoms with van der Waals surface area (Å²) in [5, 5.41) is 14.8. The standard InChI is InChI=1S/C43H52N12O7S/c1-7-54-32(20-26(3)49-54)39(57)47-42-45-30-23-29(41(59)60-5)24-34(62-17-11-12-51-15-18-61-19-16-51)36(30)52(42)13-9-10-14-53-37-31(22-28(38(44)56)25-35(37)63-6)46-43(53)48-40(58)33-21-27(4)50-55(33)8-2/h9-10,20-25H,7-8,11-19H2,1-6H3,(H2,44,56)(H,45,47,57)(H,46,48,58)/b10-9+. The van der Waals surface area contributed by atoms with Crippen LogP contribution in [-0.4, -0.2) is 120 Å². The first-order chi connectivity index (χ1) is 30.4. The number of carbonyl (C=O) groups excluding carboxylic acids is 4. The molecular weight excluding hydrogens is 829 g/mol. The molecule has 0 spiro atoms. The Labute approximate surface area is 367 Å². The van der Waals surface area contributed by atoms with Crippen LogP contribution >= 0.6 is 11.8 Å². The Kier molecular flexibility index (Phi) is 13.9. The Morgan fingerprint density at radius 2 is 1.37 bits per heavy atom. The third-order valence-electron chi connectivity index (χ3n) is 10.6. The van der Waals surface area contributed by atoms with E-state index in [0.29, 0.717) is 83.5 Å². The summed E-state index contributed by atoms with van der Waals surface area (Å²) < 4.78 is 23.9. The second-order valence-corrected chi connectivity index (χ2v) is 15.7. The number of ether oxygens (including phenoxy) is 3. The number of hydrogen-bond acceptors (Lipinski definition) is 13. The molecule has 4 N–H and O–H groups in total. The van der Waals surface area contributed by atoms with Crippen molar-refractivity contribution in [3.05, 3.63) is 82.5 Å². The van der Waals surface area contributed by atoms with Crippen LogP contribution in [0.5, 0.6) is 5.75 Å². The van der Waals surface area contributed by atoms with Crippen LogP contribution in [0.4, 0.5) is 11.9 Å². The van der Waals surface area contributed by atoms with Gasteiger partial charge in [-0.05, 0) is 76.8 Å². The number of nitrogens with two attached hydrogens (primary N) is 1. The smallest absolute Gasteiger partial charge is 0.338 e. The maximum absolute atomic E-state index is 13.9. The van der Waals surface area contributed by atoms with Gasteiger partial charge in [0.1, 0.15) is 22.7 Å². The zero-order chi connectivity index (χ0) is 44.8. The Morgan fingerprint density at radius 3 is 1.90 bits per heavy atom. The molecule has 6 aromatic rings. The van der Waals surface area contributed by atoms with E-state index in [2.05, 4.69) is 25.7 Å². The van der Waals surface area contributed by atoms with Crippen molar-refractivity contribution in [2.24, 2.45) is 5.73 Å². The average Bonchev–Trinajstić information content (AvgIpc) is 4.05. The number of primary amides is 1. The summed E-state index contributed by atoms with van der Waals surface area (Å²) in [6.07, 6.45) is 6.41. The lowest BCUT2D eigenvalue weighted by Crippen LogP contribution is -2.37. The van der Waals surface area contributed by atoms with Crippen molar-refractivity contribution in [1.82, 2.24) is 43.6 Å². The summed E-state index contributed by atoms with van der Waals surface area (Å²) in [4.78, 5) is 65.5. The number of nitrogens with one attached hydrogen (secondary N) is 2. The summed E-state index contributed by atoms with van der Waals surface area (Å²) in [6.45, 7) is 13.1. The van der Waals surface area contributed by atoms with Crippen molar-refractivity contribution in [2.75, 3.05) is 63.5 Å². The fourth-order valence-corrected chi connectivity index (χ4v) is 8.23. The number of morpholine rings is 1. The molecule has 0 bridgehead atoms. The van der Waals surface area contributed by atoms with Gasteiger partial charge in [0.15, 0.2) is 0 Å². The molecular formula is C43H52N12O7S. The molecule has 1 aliphatic rings. The van der Waals surface area contributed by atoms with Crippen LogP contribution in [0, 0.1) is 13.8 Å². The number of nitrogens with zero attached hydrogens (tertiary/aromatic N) is 9. The van der Waals surface area contributed by atoms with Crippen LogP contribution in [0.25, 0.3) is 22.1 Å². The number of fused-ring (bicyclic) bond motifs is 2. The highest BCUT2D eigenvalue weighted by atomic mass is 32.2. The van der Waals surface area contributed by atoms with Crippen LogP contribution in [0.1, 0.15) is 73.3 Å². The molecule has 0 atom stereocenters. The number of amides is 3. The highest BCUT2D eigenvalue weighted by Gasteiger charge is 2.24. The van der Waals surface area contributed by atoms with Gasteiger partial charge in [-0.3, -0.25) is 39.3 Å². The number of methoxy groups -OCH3 is 1. The van der Waals surface area contributed by atoms with E-state index < -0.39 is 23.7 Å². The maximum atomic E-state index is 13.9. The molecule has 63 heavy (non-hydrogen) atoms. The number of imidazole rings is 2. The maximum Gasteiger partial charge on any atom is 0.338 e. The first kappa shape index (κ1) is 44.5. The van der Waals surface area contributed by atoms with E-state index in [-0.39, 0.29) is 36.1 Å². The number of esters is 1. The van der Waals surface area contributed by atoms with Crippen LogP contribution in [-0.2, 0) is 35.7 Å². The number of hydrogen-bond donors (Lipinski definition) is 3. The van der Waals surface area contributed by atoms with Crippen molar-refractivity contribution >= 4 is 69.4 Å². The van der Waals surface area contributed by atoms with E-state index in [9.17, 15) is 19.2 Å². The summed E-state index contributed by atoms with van der Waals surface area (Å²) in [5.74, 6) is -1.10. The minimum absolute atomic E-state index is 0.199. The number of carbonyl (C=O) groups is 4. The second-order valence-electron chi connectivity index (χ2n) is 14.8. The van der Waals surface area contributed by atoms with Crippen LogP contribution in [0.2, 0.25) is 0 Å². The lowest BCUT2D eigenvalue weighted by molar-refractivity contribution is 0.0358. The molecule has 0 aliphatic carbocycles. The van der Waals surface area contributed by atoms with E-state index in [1.165, 1.54) is 18.9 Å². The van der Waals surface area contributed by atoms with Crippen LogP contribution in [0.3, 0.4) is 0 Å². The predicted octanol–water partition coefficient (Wildman–Crippen LogP) is 4.91. The van der Waals surface area contributed by atoms with Crippen LogP contribution in [0.15, 0.2) is 53.4 Å². The van der Waals surface area contributed by atoms with Gasteiger partial charge in [-0.15, -0.1) is 11.8 Å². The zero-order valence-electron chi connectivity index (χ0n) is 36.3. The summed E-state index contributed by atoms with van der Waals surface area (Å²) >= 11 is 1.42. The number of anilines is 2. The Bertz CT molecular complexity index is 2710. The van der Waals surface area contributed by atoms with E-state index in [1.807, 2.05) is 55.2 Å². The number of aryl methyl sites for hydroxylation is 4. The molecule has 332 valence electrons. The number of benzene rings is 2. The largest absolute Gasteiger partial charge is 0.491 e. The highest BCUT2D eigenvalue weighted by Crippen LogP contribution is 2.33. The minimum Gasteiger partial charge on any atom is -0.491 e. The first-order valence-corrected chi connectivity index (χ1v) is 21.9. The molecule has 7 rings (SSSR count). The third-order valence-corrected chi connectivity index (χ3v) is 11.3. The second kappa shape index (κ2) is 19.7. The molecule has 20 heteroatoms.